The van der Waals surface area contributed by atoms with Crippen LogP contribution in [0.5, 0.6) is 0 Å². The second-order valence-corrected chi connectivity index (χ2v) is 7.46. The summed E-state index contributed by atoms with van der Waals surface area (Å²) in [5.74, 6) is -3.33. The third kappa shape index (κ3) is 6.80. The van der Waals surface area contributed by atoms with Gasteiger partial charge in [-0.2, -0.15) is 0 Å². The van der Waals surface area contributed by atoms with Crippen LogP contribution in [0.25, 0.3) is 0 Å². The Morgan fingerprint density at radius 2 is 1.63 bits per heavy atom. The Bertz CT molecular complexity index is 765. The number of nitro groups is 1. The van der Waals surface area contributed by atoms with E-state index in [1.807, 2.05) is 17.0 Å². The first-order chi connectivity index (χ1) is 14.3. The van der Waals surface area contributed by atoms with Crippen LogP contribution in [-0.4, -0.2) is 69.0 Å². The van der Waals surface area contributed by atoms with Crippen LogP contribution in [0.2, 0.25) is 0 Å². The van der Waals surface area contributed by atoms with Crippen molar-refractivity contribution in [2.75, 3.05) is 26.2 Å². The van der Waals surface area contributed by atoms with Gasteiger partial charge in [0.2, 0.25) is 5.91 Å². The summed E-state index contributed by atoms with van der Waals surface area (Å²) < 4.78 is 0. The van der Waals surface area contributed by atoms with E-state index >= 15 is 0 Å². The Labute approximate surface area is 174 Å². The third-order valence-electron chi connectivity index (χ3n) is 5.29. The number of likely N-dealkylation sites (tertiary alicyclic amines) is 2. The Morgan fingerprint density at radius 1 is 1.00 bits per heavy atom. The molecule has 0 spiro atoms. The van der Waals surface area contributed by atoms with Crippen molar-refractivity contribution in [3.05, 3.63) is 39.9 Å². The Balaban J connectivity index is 0.000000469. The highest BCUT2D eigenvalue weighted by atomic mass is 16.6. The van der Waals surface area contributed by atoms with Crippen LogP contribution in [0.3, 0.4) is 0 Å². The minimum atomic E-state index is -1.82. The monoisotopic (exact) mass is 421 g/mol. The quantitative estimate of drug-likeness (QED) is 0.427. The average molecular weight is 421 g/mol. The fourth-order valence-corrected chi connectivity index (χ4v) is 3.84. The number of carboxylic acids is 2. The number of carbonyl (C=O) groups is 3. The molecule has 2 heterocycles. The maximum atomic E-state index is 12.7. The Kier molecular flexibility index (Phi) is 8.72. The first-order valence-corrected chi connectivity index (χ1v) is 9.99. The number of nitro benzene ring substituents is 1. The van der Waals surface area contributed by atoms with E-state index in [1.54, 1.807) is 12.1 Å². The predicted molar refractivity (Wildman–Crippen MR) is 107 cm³/mol. The summed E-state index contributed by atoms with van der Waals surface area (Å²) in [6.07, 6.45) is 5.35. The number of aliphatic carboxylic acids is 2. The first-order valence-electron chi connectivity index (χ1n) is 9.99. The van der Waals surface area contributed by atoms with Crippen molar-refractivity contribution in [1.29, 1.82) is 0 Å². The minimum Gasteiger partial charge on any atom is -0.473 e. The first kappa shape index (κ1) is 23.3. The highest BCUT2D eigenvalue weighted by Gasteiger charge is 2.30. The summed E-state index contributed by atoms with van der Waals surface area (Å²) in [6.45, 7) is 3.93. The molecule has 2 fully saturated rings. The van der Waals surface area contributed by atoms with Gasteiger partial charge >= 0.3 is 11.9 Å². The normalized spacial score (nSPS) is 19.3. The van der Waals surface area contributed by atoms with E-state index in [1.165, 1.54) is 6.42 Å². The fourth-order valence-electron chi connectivity index (χ4n) is 3.84. The molecule has 3 rings (SSSR count). The number of amides is 1. The van der Waals surface area contributed by atoms with Gasteiger partial charge < -0.3 is 15.1 Å². The molecular weight excluding hydrogens is 394 g/mol. The van der Waals surface area contributed by atoms with Gasteiger partial charge in [-0.3, -0.25) is 19.8 Å². The molecule has 10 nitrogen and oxygen atoms in total. The van der Waals surface area contributed by atoms with Gasteiger partial charge in [0, 0.05) is 37.8 Å². The van der Waals surface area contributed by atoms with Gasteiger partial charge in [0.25, 0.3) is 5.69 Å². The highest BCUT2D eigenvalue weighted by molar-refractivity contribution is 6.27. The van der Waals surface area contributed by atoms with Crippen LogP contribution >= 0.6 is 0 Å². The molecule has 2 saturated heterocycles. The molecule has 1 unspecified atom stereocenters. The highest BCUT2D eigenvalue weighted by Crippen LogP contribution is 2.25. The summed E-state index contributed by atoms with van der Waals surface area (Å²) in [5, 5.41) is 26.0. The largest absolute Gasteiger partial charge is 0.473 e. The van der Waals surface area contributed by atoms with Crippen molar-refractivity contribution in [1.82, 2.24) is 9.80 Å². The van der Waals surface area contributed by atoms with Crippen LogP contribution < -0.4 is 0 Å². The molecular formula is C20H27N3O7. The van der Waals surface area contributed by atoms with Gasteiger partial charge in [-0.25, -0.2) is 9.59 Å². The number of para-hydroxylation sites is 1. The van der Waals surface area contributed by atoms with Crippen LogP contribution in [-0.2, 0) is 20.9 Å². The maximum absolute atomic E-state index is 12.7. The Morgan fingerprint density at radius 3 is 2.23 bits per heavy atom. The van der Waals surface area contributed by atoms with E-state index in [4.69, 9.17) is 19.8 Å². The molecule has 10 heteroatoms. The van der Waals surface area contributed by atoms with Crippen LogP contribution in [0.15, 0.2) is 24.3 Å². The smallest absolute Gasteiger partial charge is 0.414 e. The molecule has 0 radical (unpaired) electrons. The molecule has 2 aliphatic heterocycles. The standard InChI is InChI=1S/C18H25N3O3.C2H2O4/c22-18(20-11-4-1-5-12-20)16-8-6-10-19(14-16)13-15-7-2-3-9-17(15)21(23)24;3-1(4)2(5)6/h2-3,7,9,16H,1,4-6,8,10-14H2;(H,3,4)(H,5,6). The second-order valence-electron chi connectivity index (χ2n) is 7.46. The van der Waals surface area contributed by atoms with E-state index in [2.05, 4.69) is 4.90 Å². The summed E-state index contributed by atoms with van der Waals surface area (Å²) in [6, 6.07) is 6.90. The van der Waals surface area contributed by atoms with Gasteiger partial charge in [0.1, 0.15) is 0 Å². The molecule has 0 bridgehead atoms. The van der Waals surface area contributed by atoms with Crippen LogP contribution in [0.1, 0.15) is 37.7 Å². The summed E-state index contributed by atoms with van der Waals surface area (Å²) in [5.41, 5.74) is 0.899. The zero-order valence-corrected chi connectivity index (χ0v) is 16.7. The lowest BCUT2D eigenvalue weighted by molar-refractivity contribution is -0.385. The fraction of sp³-hybridized carbons (Fsp3) is 0.550. The maximum Gasteiger partial charge on any atom is 0.414 e. The average Bonchev–Trinajstić information content (AvgIpc) is 2.74. The molecule has 30 heavy (non-hydrogen) atoms. The zero-order valence-electron chi connectivity index (χ0n) is 16.7. The lowest BCUT2D eigenvalue weighted by Gasteiger charge is -2.36. The van der Waals surface area contributed by atoms with Crippen molar-refractivity contribution in [3.8, 4) is 0 Å². The third-order valence-corrected chi connectivity index (χ3v) is 5.29. The van der Waals surface area contributed by atoms with E-state index < -0.39 is 11.9 Å². The summed E-state index contributed by atoms with van der Waals surface area (Å²) in [7, 11) is 0. The Hall–Kier alpha value is -3.01. The van der Waals surface area contributed by atoms with Gasteiger partial charge in [0.15, 0.2) is 0 Å². The number of piperidine rings is 2. The van der Waals surface area contributed by atoms with Crippen molar-refractivity contribution in [3.63, 3.8) is 0 Å². The van der Waals surface area contributed by atoms with E-state index in [-0.39, 0.29) is 22.4 Å². The zero-order chi connectivity index (χ0) is 22.1. The number of carbonyl (C=O) groups excluding carboxylic acids is 1. The number of nitrogens with zero attached hydrogens (tertiary/aromatic N) is 3. The molecule has 2 N–H and O–H groups in total. The number of hydrogen-bond acceptors (Lipinski definition) is 6. The molecule has 0 aliphatic carbocycles. The predicted octanol–water partition coefficient (Wildman–Crippen LogP) is 1.97. The second kappa shape index (κ2) is 11.2. The number of benzene rings is 1. The number of hydrogen-bond donors (Lipinski definition) is 2. The van der Waals surface area contributed by atoms with Crippen LogP contribution in [0, 0.1) is 16.0 Å². The van der Waals surface area contributed by atoms with Crippen LogP contribution in [0.4, 0.5) is 5.69 Å². The molecule has 1 aromatic carbocycles. The minimum absolute atomic E-state index is 0.0413. The summed E-state index contributed by atoms with van der Waals surface area (Å²) in [4.78, 5) is 46.0. The molecule has 0 aromatic heterocycles. The molecule has 1 amide bonds. The molecule has 0 saturated carbocycles. The molecule has 1 atom stereocenters. The van der Waals surface area contributed by atoms with Crippen molar-refractivity contribution >= 4 is 23.5 Å². The van der Waals surface area contributed by atoms with Gasteiger partial charge in [-0.1, -0.05) is 18.2 Å². The molecule has 164 valence electrons. The van der Waals surface area contributed by atoms with E-state index in [0.717, 1.165) is 50.9 Å². The van der Waals surface area contributed by atoms with Gasteiger partial charge in [0.05, 0.1) is 10.8 Å². The van der Waals surface area contributed by atoms with Gasteiger partial charge in [-0.05, 0) is 38.6 Å². The number of carboxylic acid groups (broad SMARTS) is 2. The lowest BCUT2D eigenvalue weighted by atomic mass is 9.95. The van der Waals surface area contributed by atoms with E-state index in [9.17, 15) is 14.9 Å². The molecule has 1 aromatic rings. The lowest BCUT2D eigenvalue weighted by Crippen LogP contribution is -2.46. The number of rotatable bonds is 4. The topological polar surface area (TPSA) is 141 Å². The van der Waals surface area contributed by atoms with E-state index in [0.29, 0.717) is 13.1 Å². The van der Waals surface area contributed by atoms with Crippen molar-refractivity contribution < 1.29 is 29.5 Å². The van der Waals surface area contributed by atoms with Crippen molar-refractivity contribution in [2.45, 2.75) is 38.6 Å². The molecule has 2 aliphatic rings. The SMILES string of the molecule is O=C(C1CCCN(Cc2ccccc2[N+](=O)[O-])C1)N1CCCCC1.O=C(O)C(=O)O. The summed E-state index contributed by atoms with van der Waals surface area (Å²) >= 11 is 0. The van der Waals surface area contributed by atoms with Gasteiger partial charge in [-0.15, -0.1) is 0 Å². The van der Waals surface area contributed by atoms with Crippen molar-refractivity contribution in [2.24, 2.45) is 5.92 Å².